The lowest BCUT2D eigenvalue weighted by molar-refractivity contribution is -0.122. The van der Waals surface area contributed by atoms with Crippen LogP contribution in [0, 0.1) is 0 Å². The summed E-state index contributed by atoms with van der Waals surface area (Å²) in [6, 6.07) is 13.5. The van der Waals surface area contributed by atoms with E-state index in [4.69, 9.17) is 28.3 Å². The van der Waals surface area contributed by atoms with Crippen molar-refractivity contribution in [1.29, 1.82) is 0 Å². The van der Waals surface area contributed by atoms with Crippen molar-refractivity contribution in [3.63, 3.8) is 0 Å². The summed E-state index contributed by atoms with van der Waals surface area (Å²) in [5, 5.41) is 55.8. The predicted molar refractivity (Wildman–Crippen MR) is 187 cm³/mol. The standard InChI is InChI=1S/C33H40Cl2N6O7S/c34-22-12-20(15-39-8-7-24(37-39)32(47)36-13-28(43)30(45)31(46)29(44)16-42)23(35)11-19(22)14-38-18-49-17-27(38)33(48)41-10-9-40(21-5-6-21)25-3-1-2-4-26(25)41/h1-4,7-8,11-12,21,27-31,42-46H,5-6,9-10,13-18H2,(H,36,47)/t27-,28-,29+,30+,31+/m0/s1. The van der Waals surface area contributed by atoms with E-state index in [0.29, 0.717) is 46.4 Å². The van der Waals surface area contributed by atoms with Crippen molar-refractivity contribution < 1.29 is 35.1 Å². The summed E-state index contributed by atoms with van der Waals surface area (Å²) >= 11 is 15.2. The number of carbonyl (C=O) groups is 2. The summed E-state index contributed by atoms with van der Waals surface area (Å²) in [4.78, 5) is 33.1. The molecule has 0 radical (unpaired) electrons. The van der Waals surface area contributed by atoms with Crippen molar-refractivity contribution in [2.45, 2.75) is 62.4 Å². The number of carbonyl (C=O) groups excluding carboxylic acids is 2. The van der Waals surface area contributed by atoms with Gasteiger partial charge in [0, 0.05) is 60.1 Å². The highest BCUT2D eigenvalue weighted by atomic mass is 35.5. The molecule has 2 fully saturated rings. The molecule has 1 saturated carbocycles. The molecule has 3 heterocycles. The van der Waals surface area contributed by atoms with Gasteiger partial charge >= 0.3 is 0 Å². The zero-order chi connectivity index (χ0) is 34.8. The van der Waals surface area contributed by atoms with E-state index in [2.05, 4.69) is 26.3 Å². The molecule has 49 heavy (non-hydrogen) atoms. The van der Waals surface area contributed by atoms with Gasteiger partial charge in [-0.2, -0.15) is 5.10 Å². The van der Waals surface area contributed by atoms with E-state index in [1.54, 1.807) is 30.1 Å². The van der Waals surface area contributed by atoms with Gasteiger partial charge < -0.3 is 40.6 Å². The molecule has 0 spiro atoms. The smallest absolute Gasteiger partial charge is 0.271 e. The topological polar surface area (TPSA) is 175 Å². The van der Waals surface area contributed by atoms with Gasteiger partial charge in [-0.3, -0.25) is 19.2 Å². The fourth-order valence-electron chi connectivity index (χ4n) is 6.23. The predicted octanol–water partition coefficient (Wildman–Crippen LogP) is 1.29. The fourth-order valence-corrected chi connectivity index (χ4v) is 7.91. The molecule has 1 saturated heterocycles. The van der Waals surface area contributed by atoms with Gasteiger partial charge in [0.25, 0.3) is 5.91 Å². The Balaban J connectivity index is 1.06. The number of para-hydroxylation sites is 2. The maximum atomic E-state index is 14.0. The third-order valence-corrected chi connectivity index (χ3v) is 10.9. The molecular formula is C33H40Cl2N6O7S. The Morgan fingerprint density at radius 3 is 2.31 bits per heavy atom. The van der Waals surface area contributed by atoms with Crippen LogP contribution < -0.4 is 15.1 Å². The molecule has 264 valence electrons. The maximum absolute atomic E-state index is 14.0. The summed E-state index contributed by atoms with van der Waals surface area (Å²) in [5.41, 5.74) is 3.61. The first kappa shape index (κ1) is 35.9. The highest BCUT2D eigenvalue weighted by Crippen LogP contribution is 2.41. The van der Waals surface area contributed by atoms with Crippen LogP contribution in [0.5, 0.6) is 0 Å². The first-order chi connectivity index (χ1) is 23.5. The number of halogens is 2. The second-order valence-corrected chi connectivity index (χ2v) is 14.4. The molecule has 3 aliphatic rings. The summed E-state index contributed by atoms with van der Waals surface area (Å²) in [5.74, 6) is 0.836. The van der Waals surface area contributed by atoms with Crippen LogP contribution in [0.15, 0.2) is 48.7 Å². The minimum Gasteiger partial charge on any atom is -0.394 e. The van der Waals surface area contributed by atoms with Gasteiger partial charge in [-0.15, -0.1) is 11.8 Å². The third-order valence-electron chi connectivity index (χ3n) is 9.15. The molecule has 0 bridgehead atoms. The third kappa shape index (κ3) is 8.03. The zero-order valence-electron chi connectivity index (χ0n) is 26.6. The quantitative estimate of drug-likeness (QED) is 0.149. The fraction of sp³-hybridized carbons (Fsp3) is 0.485. The molecule has 1 aliphatic carbocycles. The summed E-state index contributed by atoms with van der Waals surface area (Å²) in [7, 11) is 0. The van der Waals surface area contributed by atoms with Crippen molar-refractivity contribution in [2.75, 3.05) is 47.7 Å². The van der Waals surface area contributed by atoms with Crippen molar-refractivity contribution in [3.05, 3.63) is 75.5 Å². The van der Waals surface area contributed by atoms with Crippen LogP contribution in [0.3, 0.4) is 0 Å². The minimum atomic E-state index is -1.80. The van der Waals surface area contributed by atoms with Crippen molar-refractivity contribution in [2.24, 2.45) is 0 Å². The second kappa shape index (κ2) is 15.5. The number of thioether (sulfide) groups is 1. The summed E-state index contributed by atoms with van der Waals surface area (Å²) < 4.78 is 1.51. The number of amides is 2. The lowest BCUT2D eigenvalue weighted by atomic mass is 10.0. The van der Waals surface area contributed by atoms with E-state index in [1.807, 2.05) is 23.1 Å². The average Bonchev–Trinajstić information content (AvgIpc) is 3.66. The number of hydrogen-bond acceptors (Lipinski definition) is 11. The number of aliphatic hydroxyl groups is 5. The van der Waals surface area contributed by atoms with Gasteiger partial charge in [-0.25, -0.2) is 0 Å². The van der Waals surface area contributed by atoms with E-state index in [0.717, 1.165) is 23.5 Å². The molecule has 2 aliphatic heterocycles. The highest BCUT2D eigenvalue weighted by molar-refractivity contribution is 7.99. The van der Waals surface area contributed by atoms with Crippen LogP contribution in [0.25, 0.3) is 0 Å². The monoisotopic (exact) mass is 734 g/mol. The number of anilines is 2. The molecule has 16 heteroatoms. The lowest BCUT2D eigenvalue weighted by Gasteiger charge is -2.39. The van der Waals surface area contributed by atoms with Gasteiger partial charge in [0.15, 0.2) is 0 Å². The number of hydrogen-bond donors (Lipinski definition) is 6. The molecule has 13 nitrogen and oxygen atoms in total. The molecule has 2 amide bonds. The van der Waals surface area contributed by atoms with E-state index < -0.39 is 43.5 Å². The molecule has 0 unspecified atom stereocenters. The Hall–Kier alpha value is -2.92. The number of benzene rings is 2. The Morgan fingerprint density at radius 2 is 1.61 bits per heavy atom. The Kier molecular flexibility index (Phi) is 11.4. The van der Waals surface area contributed by atoms with Crippen molar-refractivity contribution in [3.8, 4) is 0 Å². The van der Waals surface area contributed by atoms with Gasteiger partial charge in [0.1, 0.15) is 24.0 Å². The van der Waals surface area contributed by atoms with Crippen LogP contribution >= 0.6 is 35.0 Å². The molecule has 3 aromatic rings. The SMILES string of the molecule is O=C(NC[C@H](O)[C@@H](O)[C@H](O)[C@H](O)CO)c1ccn(Cc2cc(Cl)c(CN3CSC[C@H]3C(=O)N3CCN(C4CC4)c4ccccc43)cc2Cl)n1. The van der Waals surface area contributed by atoms with Crippen molar-refractivity contribution >= 4 is 58.2 Å². The first-order valence-electron chi connectivity index (χ1n) is 16.2. The van der Waals surface area contributed by atoms with Crippen LogP contribution in [-0.2, 0) is 17.9 Å². The van der Waals surface area contributed by atoms with E-state index >= 15 is 0 Å². The number of rotatable bonds is 13. The maximum Gasteiger partial charge on any atom is 0.271 e. The highest BCUT2D eigenvalue weighted by Gasteiger charge is 2.40. The Bertz CT molecular complexity index is 1660. The number of aromatic nitrogens is 2. The van der Waals surface area contributed by atoms with E-state index in [1.165, 1.54) is 23.6 Å². The van der Waals surface area contributed by atoms with Gasteiger partial charge in [0.05, 0.1) is 36.7 Å². The van der Waals surface area contributed by atoms with Gasteiger partial charge in [-0.05, 0) is 54.3 Å². The van der Waals surface area contributed by atoms with Gasteiger partial charge in [-0.1, -0.05) is 35.3 Å². The summed E-state index contributed by atoms with van der Waals surface area (Å²) in [6.45, 7) is 0.914. The molecule has 6 N–H and O–H groups in total. The number of aliphatic hydroxyl groups excluding tert-OH is 5. The number of nitrogens with one attached hydrogen (secondary N) is 1. The molecule has 2 aromatic carbocycles. The van der Waals surface area contributed by atoms with Crippen LogP contribution in [0.4, 0.5) is 11.4 Å². The van der Waals surface area contributed by atoms with Gasteiger partial charge in [0.2, 0.25) is 5.91 Å². The zero-order valence-corrected chi connectivity index (χ0v) is 28.9. The largest absolute Gasteiger partial charge is 0.394 e. The molecular weight excluding hydrogens is 695 g/mol. The molecule has 5 atom stereocenters. The second-order valence-electron chi connectivity index (χ2n) is 12.6. The Labute approximate surface area is 298 Å². The van der Waals surface area contributed by atoms with E-state index in [9.17, 15) is 30.0 Å². The van der Waals surface area contributed by atoms with E-state index in [-0.39, 0.29) is 24.2 Å². The van der Waals surface area contributed by atoms with Crippen LogP contribution in [-0.4, -0.2) is 126 Å². The Morgan fingerprint density at radius 1 is 0.939 bits per heavy atom. The minimum absolute atomic E-state index is 0.0373. The molecule has 1 aromatic heterocycles. The normalized spacial score (nSPS) is 20.5. The first-order valence-corrected chi connectivity index (χ1v) is 18.1. The number of nitrogens with zero attached hydrogens (tertiary/aromatic N) is 5. The summed E-state index contributed by atoms with van der Waals surface area (Å²) in [6.07, 6.45) is -2.86. The lowest BCUT2D eigenvalue weighted by Crippen LogP contribution is -2.52. The van der Waals surface area contributed by atoms with Crippen molar-refractivity contribution in [1.82, 2.24) is 20.0 Å². The average molecular weight is 736 g/mol. The number of fused-ring (bicyclic) bond motifs is 1. The van der Waals surface area contributed by atoms with Crippen LogP contribution in [0.1, 0.15) is 34.5 Å². The van der Waals surface area contributed by atoms with Crippen LogP contribution in [0.2, 0.25) is 10.0 Å². The molecule has 6 rings (SSSR count).